The first-order valence-electron chi connectivity index (χ1n) is 38.3. The molecule has 0 atom stereocenters. The van der Waals surface area contributed by atoms with Crippen molar-refractivity contribution in [1.29, 1.82) is 0 Å². The Morgan fingerprint density at radius 1 is 0.219 bits per heavy atom. The van der Waals surface area contributed by atoms with E-state index in [1.54, 1.807) is 22.3 Å². The molecule has 0 amide bonds. The Balaban J connectivity index is 0.000000292. The van der Waals surface area contributed by atoms with E-state index in [0.717, 1.165) is 80.9 Å². The highest BCUT2D eigenvalue weighted by molar-refractivity contribution is 5.75. The zero-order valence-corrected chi connectivity index (χ0v) is 62.6. The van der Waals surface area contributed by atoms with Crippen LogP contribution in [-0.2, 0) is 83.5 Å². The molecule has 0 N–H and O–H groups in total. The van der Waals surface area contributed by atoms with Crippen LogP contribution < -0.4 is 0 Å². The molecule has 0 aliphatic rings. The minimum atomic E-state index is 0.703. The number of aryl methyl sites for hydroxylation is 19. The fourth-order valence-corrected chi connectivity index (χ4v) is 14.7. The fraction of sp³-hybridized carbons (Fsp3) is 0.452. The van der Waals surface area contributed by atoms with E-state index in [1.807, 2.05) is 0 Å². The van der Waals surface area contributed by atoms with Crippen LogP contribution >= 0.6 is 0 Å². The molecule has 508 valence electrons. The average Bonchev–Trinajstić information content (AvgIpc) is 0.813. The predicted octanol–water partition coefficient (Wildman–Crippen LogP) is 25.8. The van der Waals surface area contributed by atoms with Crippen LogP contribution in [0.1, 0.15) is 258 Å². The van der Waals surface area contributed by atoms with Crippen LogP contribution in [0.2, 0.25) is 0 Å². The Morgan fingerprint density at radius 2 is 0.542 bits per heavy atom. The van der Waals surface area contributed by atoms with E-state index < -0.39 is 0 Å². The van der Waals surface area contributed by atoms with Gasteiger partial charge in [0, 0.05) is 16.7 Å². The molecular weight excluding hydrogens is 1160 g/mol. The zero-order chi connectivity index (χ0) is 68.5. The summed E-state index contributed by atoms with van der Waals surface area (Å²) in [4.78, 5) is 15.2. The van der Waals surface area contributed by atoms with Gasteiger partial charge in [-0.05, 0) is 280 Å². The van der Waals surface area contributed by atoms with Crippen LogP contribution in [0.25, 0.3) is 56.4 Å². The Labute approximate surface area is 584 Å². The lowest BCUT2D eigenvalue weighted by molar-refractivity contribution is 0.556. The summed E-state index contributed by atoms with van der Waals surface area (Å²) in [7, 11) is 0. The van der Waals surface area contributed by atoms with Gasteiger partial charge in [-0.3, -0.25) is 0 Å². The van der Waals surface area contributed by atoms with Crippen molar-refractivity contribution < 1.29 is 0 Å². The Morgan fingerprint density at radius 3 is 0.958 bits per heavy atom. The third-order valence-electron chi connectivity index (χ3n) is 21.1. The number of hydrogen-bond donors (Lipinski definition) is 0. The second kappa shape index (κ2) is 38.1. The van der Waals surface area contributed by atoms with E-state index in [9.17, 15) is 0 Å². The number of rotatable bonds is 34. The molecule has 0 aliphatic heterocycles. The average molecular weight is 1280 g/mol. The van der Waals surface area contributed by atoms with Gasteiger partial charge in [0.05, 0.1) is 0 Å². The molecule has 0 aliphatic carbocycles. The molecule has 0 unspecified atom stereocenters. The molecule has 3 heteroatoms. The van der Waals surface area contributed by atoms with Crippen molar-refractivity contribution >= 4 is 0 Å². The van der Waals surface area contributed by atoms with Gasteiger partial charge >= 0.3 is 0 Å². The van der Waals surface area contributed by atoms with Crippen LogP contribution in [0.5, 0.6) is 0 Å². The van der Waals surface area contributed by atoms with Gasteiger partial charge in [0.2, 0.25) is 0 Å². The van der Waals surface area contributed by atoms with E-state index in [-0.39, 0.29) is 0 Å². The van der Waals surface area contributed by atoms with Gasteiger partial charge in [0.1, 0.15) is 0 Å². The van der Waals surface area contributed by atoms with Crippen molar-refractivity contribution in [3.63, 3.8) is 0 Å². The number of aromatic nitrogens is 3. The summed E-state index contributed by atoms with van der Waals surface area (Å²) < 4.78 is 0. The van der Waals surface area contributed by atoms with Gasteiger partial charge in [0.25, 0.3) is 0 Å². The van der Waals surface area contributed by atoms with Crippen LogP contribution in [0.4, 0.5) is 0 Å². The highest BCUT2D eigenvalue weighted by Crippen LogP contribution is 2.36. The van der Waals surface area contributed by atoms with Gasteiger partial charge in [-0.2, -0.15) is 0 Å². The number of nitrogens with zero attached hydrogens (tertiary/aromatic N) is 3. The molecule has 96 heavy (non-hydrogen) atoms. The van der Waals surface area contributed by atoms with Crippen LogP contribution in [0.3, 0.4) is 0 Å². The highest BCUT2D eigenvalue weighted by atomic mass is 15.0. The van der Waals surface area contributed by atoms with Gasteiger partial charge < -0.3 is 0 Å². The number of benzene rings is 8. The molecule has 9 rings (SSSR count). The standard InChI is InChI=1S/C59H75N3.C34H46/c1-8-13-14-15-16-17-18-19-20-21-24-45-29-33-52(34-30-45)58-60-57(51-31-27-43(6)28-32-51)61-59(62-58)53-37-35-50(36-38-53)56-42-48(11-4)55(41-49(56)12-5)26-23-22-25-54-40-46(9-2)44(7)39-47(54)10-3;1-9-27-20-31(28(10-2)18-25(27)7)15-13-14-16-32-21-30(12-4)34(22-29(32)11-3)33-19-24(6)23(5)17-26(33)8/h27-42H,8-26H2,1-7H3;17-22H,9-16H2,1-8H3. The lowest BCUT2D eigenvalue weighted by Gasteiger charge is -2.18. The van der Waals surface area contributed by atoms with Crippen molar-refractivity contribution in [2.24, 2.45) is 0 Å². The summed E-state index contributed by atoms with van der Waals surface area (Å²) in [6, 6.07) is 51.0. The van der Waals surface area contributed by atoms with E-state index in [1.165, 1.54) is 215 Å². The summed E-state index contributed by atoms with van der Waals surface area (Å²) in [6.07, 6.45) is 33.1. The molecule has 9 aromatic rings. The highest BCUT2D eigenvalue weighted by Gasteiger charge is 2.18. The quantitative estimate of drug-likeness (QED) is 0.0377. The molecular formula is C93H121N3. The predicted molar refractivity (Wildman–Crippen MR) is 419 cm³/mol. The minimum absolute atomic E-state index is 0.703. The monoisotopic (exact) mass is 1280 g/mol. The Kier molecular flexibility index (Phi) is 29.6. The number of unbranched alkanes of at least 4 members (excludes halogenated alkanes) is 11. The zero-order valence-electron chi connectivity index (χ0n) is 62.6. The normalized spacial score (nSPS) is 11.4. The SMILES string of the molecule is CCCCCCCCCCCCc1ccc(-c2nc(-c3ccc(C)cc3)nc(-c3ccc(-c4cc(CC)c(CCCCc5cc(CC)c(C)cc5CC)cc4CC)cc3)n2)cc1.CCc1cc(CCCCc2cc(CC)c(-c3cc(C)c(C)cc3C)cc2CC)c(CC)cc1C. The lowest BCUT2D eigenvalue weighted by Crippen LogP contribution is -2.02. The van der Waals surface area contributed by atoms with Gasteiger partial charge in [-0.15, -0.1) is 0 Å². The molecule has 0 bridgehead atoms. The molecule has 0 radical (unpaired) electrons. The van der Waals surface area contributed by atoms with Gasteiger partial charge in [-0.25, -0.2) is 15.0 Å². The topological polar surface area (TPSA) is 38.7 Å². The molecule has 1 aromatic heterocycles. The lowest BCUT2D eigenvalue weighted by atomic mass is 9.87. The first-order chi connectivity index (χ1) is 46.6. The van der Waals surface area contributed by atoms with Crippen LogP contribution in [0, 0.1) is 41.5 Å². The number of hydrogen-bond acceptors (Lipinski definition) is 3. The van der Waals surface area contributed by atoms with Gasteiger partial charge in [-0.1, -0.05) is 259 Å². The second-order valence-corrected chi connectivity index (χ2v) is 28.0. The van der Waals surface area contributed by atoms with Crippen molar-refractivity contribution in [3.05, 3.63) is 239 Å². The summed E-state index contributed by atoms with van der Waals surface area (Å²) >= 11 is 0. The Hall–Kier alpha value is -7.23. The molecule has 0 saturated heterocycles. The third-order valence-corrected chi connectivity index (χ3v) is 21.1. The summed E-state index contributed by atoms with van der Waals surface area (Å²) in [5, 5.41) is 0. The maximum Gasteiger partial charge on any atom is 0.164 e. The maximum absolute atomic E-state index is 5.10. The fourth-order valence-electron chi connectivity index (χ4n) is 14.7. The summed E-state index contributed by atoms with van der Waals surface area (Å²) in [6.45, 7) is 34.0. The van der Waals surface area contributed by atoms with Crippen LogP contribution in [-0.4, -0.2) is 15.0 Å². The van der Waals surface area contributed by atoms with Crippen molar-refractivity contribution in [2.45, 2.75) is 277 Å². The van der Waals surface area contributed by atoms with Crippen LogP contribution in [0.15, 0.2) is 133 Å². The molecule has 0 saturated carbocycles. The summed E-state index contributed by atoms with van der Waals surface area (Å²) in [5.74, 6) is 2.12. The molecule has 3 nitrogen and oxygen atoms in total. The maximum atomic E-state index is 5.10. The third kappa shape index (κ3) is 20.4. The summed E-state index contributed by atoms with van der Waals surface area (Å²) in [5.41, 5.74) is 36.4. The van der Waals surface area contributed by atoms with E-state index in [2.05, 4.69) is 237 Å². The first kappa shape index (κ1) is 74.6. The van der Waals surface area contributed by atoms with Crippen molar-refractivity contribution in [3.8, 4) is 56.4 Å². The minimum Gasteiger partial charge on any atom is -0.208 e. The van der Waals surface area contributed by atoms with E-state index in [4.69, 9.17) is 15.0 Å². The van der Waals surface area contributed by atoms with Crippen molar-refractivity contribution in [2.75, 3.05) is 0 Å². The second-order valence-electron chi connectivity index (χ2n) is 28.0. The molecule has 0 spiro atoms. The van der Waals surface area contributed by atoms with Crippen molar-refractivity contribution in [1.82, 2.24) is 15.0 Å². The molecule has 1 heterocycles. The smallest absolute Gasteiger partial charge is 0.164 e. The molecule has 8 aromatic carbocycles. The molecule has 0 fully saturated rings. The van der Waals surface area contributed by atoms with Gasteiger partial charge in [0.15, 0.2) is 17.5 Å². The largest absolute Gasteiger partial charge is 0.208 e. The van der Waals surface area contributed by atoms with E-state index >= 15 is 0 Å². The van der Waals surface area contributed by atoms with E-state index in [0.29, 0.717) is 17.5 Å². The first-order valence-corrected chi connectivity index (χ1v) is 38.3. The Bertz CT molecular complexity index is 3890.